The molecule has 1 aromatic carbocycles. The van der Waals surface area contributed by atoms with Gasteiger partial charge >= 0.3 is 6.18 Å². The van der Waals surface area contributed by atoms with Gasteiger partial charge in [-0.1, -0.05) is 31.0 Å². The lowest BCUT2D eigenvalue weighted by atomic mass is 9.94. The zero-order chi connectivity index (χ0) is 13.9. The molecule has 0 radical (unpaired) electrons. The van der Waals surface area contributed by atoms with E-state index < -0.39 is 17.8 Å². The number of rotatable bonds is 2. The third kappa shape index (κ3) is 3.48. The number of hydrogen-bond acceptors (Lipinski definition) is 2. The Morgan fingerprint density at radius 1 is 1.16 bits per heavy atom. The molecule has 2 unspecified atom stereocenters. The maximum atomic E-state index is 12.9. The van der Waals surface area contributed by atoms with Crippen molar-refractivity contribution in [1.82, 2.24) is 5.32 Å². The average Bonchev–Trinajstić information content (AvgIpc) is 2.66. The fourth-order valence-corrected chi connectivity index (χ4v) is 2.55. The Balaban J connectivity index is 2.25. The first-order valence-corrected chi connectivity index (χ1v) is 6.57. The van der Waals surface area contributed by atoms with Gasteiger partial charge in [0.15, 0.2) is 0 Å². The summed E-state index contributed by atoms with van der Waals surface area (Å²) in [4.78, 5) is 0. The number of halogens is 3. The molecule has 2 atom stereocenters. The van der Waals surface area contributed by atoms with Gasteiger partial charge in [-0.3, -0.25) is 0 Å². The van der Waals surface area contributed by atoms with Crippen LogP contribution in [0.25, 0.3) is 0 Å². The lowest BCUT2D eigenvalue weighted by Gasteiger charge is -2.25. The van der Waals surface area contributed by atoms with Gasteiger partial charge in [-0.15, -0.1) is 0 Å². The van der Waals surface area contributed by atoms with Gasteiger partial charge in [-0.25, -0.2) is 0 Å². The largest absolute Gasteiger partial charge is 0.416 e. The van der Waals surface area contributed by atoms with Crippen molar-refractivity contribution in [3.63, 3.8) is 0 Å². The second-order valence-corrected chi connectivity index (χ2v) is 4.94. The molecular weight excluding hydrogens is 255 g/mol. The van der Waals surface area contributed by atoms with Crippen LogP contribution >= 0.6 is 0 Å². The van der Waals surface area contributed by atoms with E-state index in [1.807, 2.05) is 0 Å². The fourth-order valence-electron chi connectivity index (χ4n) is 2.55. The van der Waals surface area contributed by atoms with Gasteiger partial charge in [0.1, 0.15) is 0 Å². The molecule has 1 aliphatic rings. The van der Waals surface area contributed by atoms with Crippen molar-refractivity contribution in [2.24, 2.45) is 0 Å². The maximum Gasteiger partial charge on any atom is 0.416 e. The van der Waals surface area contributed by atoms with Gasteiger partial charge in [-0.05, 0) is 31.0 Å². The zero-order valence-corrected chi connectivity index (χ0v) is 10.6. The first kappa shape index (κ1) is 14.3. The molecular formula is C14H18F3NO. The van der Waals surface area contributed by atoms with E-state index in [0.29, 0.717) is 6.42 Å². The monoisotopic (exact) mass is 273 g/mol. The summed E-state index contributed by atoms with van der Waals surface area (Å²) in [6, 6.07) is 4.96. The topological polar surface area (TPSA) is 32.3 Å². The van der Waals surface area contributed by atoms with Crippen LogP contribution in [0.15, 0.2) is 24.3 Å². The highest BCUT2D eigenvalue weighted by Crippen LogP contribution is 2.36. The second kappa shape index (κ2) is 5.92. The predicted octanol–water partition coefficient (Wildman–Crippen LogP) is 3.27. The quantitative estimate of drug-likeness (QED) is 0.866. The van der Waals surface area contributed by atoms with Crippen LogP contribution in [0.2, 0.25) is 0 Å². The lowest BCUT2D eigenvalue weighted by Crippen LogP contribution is -2.35. The van der Waals surface area contributed by atoms with Crippen LogP contribution in [0.1, 0.15) is 42.9 Å². The Morgan fingerprint density at radius 3 is 2.63 bits per heavy atom. The van der Waals surface area contributed by atoms with Crippen LogP contribution in [0.3, 0.4) is 0 Å². The molecule has 0 aliphatic carbocycles. The number of hydrogen-bond donors (Lipinski definition) is 2. The van der Waals surface area contributed by atoms with Gasteiger partial charge in [0.05, 0.1) is 11.7 Å². The Kier molecular flexibility index (Phi) is 4.47. The van der Waals surface area contributed by atoms with Crippen LogP contribution in [-0.2, 0) is 6.18 Å². The van der Waals surface area contributed by atoms with Crippen molar-refractivity contribution < 1.29 is 18.3 Å². The molecule has 0 aromatic heterocycles. The number of benzene rings is 1. The summed E-state index contributed by atoms with van der Waals surface area (Å²) >= 11 is 0. The SMILES string of the molecule is OC(c1ccccc1C(F)(F)F)C1CCCCCN1. The molecule has 1 fully saturated rings. The summed E-state index contributed by atoms with van der Waals surface area (Å²) < 4.78 is 38.8. The van der Waals surface area contributed by atoms with Crippen molar-refractivity contribution in [3.05, 3.63) is 35.4 Å². The number of aliphatic hydroxyl groups excluding tert-OH is 1. The summed E-state index contributed by atoms with van der Waals surface area (Å²) in [5, 5.41) is 13.4. The Morgan fingerprint density at radius 2 is 1.89 bits per heavy atom. The molecule has 1 heterocycles. The molecule has 19 heavy (non-hydrogen) atoms. The van der Waals surface area contributed by atoms with E-state index in [-0.39, 0.29) is 11.6 Å². The first-order valence-electron chi connectivity index (χ1n) is 6.57. The molecule has 0 saturated carbocycles. The minimum atomic E-state index is -4.43. The third-order valence-corrected chi connectivity index (χ3v) is 3.56. The van der Waals surface area contributed by atoms with E-state index in [2.05, 4.69) is 5.32 Å². The van der Waals surface area contributed by atoms with Crippen LogP contribution in [-0.4, -0.2) is 17.7 Å². The molecule has 2 rings (SSSR count). The van der Waals surface area contributed by atoms with Gasteiger partial charge < -0.3 is 10.4 Å². The molecule has 2 N–H and O–H groups in total. The predicted molar refractivity (Wildman–Crippen MR) is 66.7 cm³/mol. The Hall–Kier alpha value is -1.07. The van der Waals surface area contributed by atoms with E-state index in [4.69, 9.17) is 0 Å². The fraction of sp³-hybridized carbons (Fsp3) is 0.571. The van der Waals surface area contributed by atoms with Crippen molar-refractivity contribution in [3.8, 4) is 0 Å². The Bertz CT molecular complexity index is 411. The number of nitrogens with one attached hydrogen (secondary N) is 1. The first-order chi connectivity index (χ1) is 9.00. The molecule has 1 saturated heterocycles. The van der Waals surface area contributed by atoms with Crippen molar-refractivity contribution in [1.29, 1.82) is 0 Å². The van der Waals surface area contributed by atoms with Gasteiger partial charge in [0.2, 0.25) is 0 Å². The zero-order valence-electron chi connectivity index (χ0n) is 10.6. The molecule has 5 heteroatoms. The van der Waals surface area contributed by atoms with Crippen molar-refractivity contribution in [2.45, 2.75) is 44.0 Å². The second-order valence-electron chi connectivity index (χ2n) is 4.94. The molecule has 1 aromatic rings. The molecule has 106 valence electrons. The lowest BCUT2D eigenvalue weighted by molar-refractivity contribution is -0.139. The highest BCUT2D eigenvalue weighted by atomic mass is 19.4. The summed E-state index contributed by atoms with van der Waals surface area (Å²) in [6.45, 7) is 0.746. The minimum Gasteiger partial charge on any atom is -0.387 e. The molecule has 0 spiro atoms. The minimum absolute atomic E-state index is 0.0330. The van der Waals surface area contributed by atoms with E-state index in [0.717, 1.165) is 31.9 Å². The van der Waals surface area contributed by atoms with Gasteiger partial charge in [0.25, 0.3) is 0 Å². The summed E-state index contributed by atoms with van der Waals surface area (Å²) in [6.07, 6.45) is -1.85. The highest BCUT2D eigenvalue weighted by Gasteiger charge is 2.36. The van der Waals surface area contributed by atoms with Crippen LogP contribution in [0, 0.1) is 0 Å². The van der Waals surface area contributed by atoms with E-state index in [1.165, 1.54) is 18.2 Å². The molecule has 2 nitrogen and oxygen atoms in total. The number of aliphatic hydroxyl groups is 1. The van der Waals surface area contributed by atoms with Crippen molar-refractivity contribution in [2.75, 3.05) is 6.54 Å². The third-order valence-electron chi connectivity index (χ3n) is 3.56. The number of alkyl halides is 3. The van der Waals surface area contributed by atoms with Gasteiger partial charge in [0, 0.05) is 6.04 Å². The highest BCUT2D eigenvalue weighted by molar-refractivity contribution is 5.32. The Labute approximate surface area is 110 Å². The summed E-state index contributed by atoms with van der Waals surface area (Å²) in [7, 11) is 0. The average molecular weight is 273 g/mol. The van der Waals surface area contributed by atoms with Crippen LogP contribution in [0.4, 0.5) is 13.2 Å². The van der Waals surface area contributed by atoms with Crippen LogP contribution < -0.4 is 5.32 Å². The van der Waals surface area contributed by atoms with E-state index in [9.17, 15) is 18.3 Å². The van der Waals surface area contributed by atoms with Crippen molar-refractivity contribution >= 4 is 0 Å². The molecule has 1 aliphatic heterocycles. The maximum absolute atomic E-state index is 12.9. The standard InChI is InChI=1S/C14H18F3NO/c15-14(16,17)11-7-4-3-6-10(11)13(19)12-8-2-1-5-9-18-12/h3-4,6-7,12-13,18-19H,1-2,5,8-9H2. The molecule has 0 amide bonds. The van der Waals surface area contributed by atoms with E-state index in [1.54, 1.807) is 0 Å². The summed E-state index contributed by atoms with van der Waals surface area (Å²) in [5.74, 6) is 0. The van der Waals surface area contributed by atoms with Crippen LogP contribution in [0.5, 0.6) is 0 Å². The van der Waals surface area contributed by atoms with E-state index >= 15 is 0 Å². The van der Waals surface area contributed by atoms with Gasteiger partial charge in [-0.2, -0.15) is 13.2 Å². The normalized spacial score (nSPS) is 22.8. The smallest absolute Gasteiger partial charge is 0.387 e. The summed E-state index contributed by atoms with van der Waals surface area (Å²) in [5.41, 5.74) is -0.775. The molecule has 0 bridgehead atoms.